The van der Waals surface area contributed by atoms with E-state index in [2.05, 4.69) is 28.7 Å². The van der Waals surface area contributed by atoms with Crippen LogP contribution in [-0.4, -0.2) is 31.7 Å². The van der Waals surface area contributed by atoms with Crippen LogP contribution in [0.1, 0.15) is 55.1 Å². The molecule has 1 aliphatic rings. The monoisotopic (exact) mass is 491 g/mol. The molecule has 0 spiro atoms. The van der Waals surface area contributed by atoms with E-state index >= 15 is 4.39 Å². The number of nitrogens with zero attached hydrogens (tertiary/aromatic N) is 3. The Bertz CT molecular complexity index is 1540. The standard InChI is InChI=1S/C27H30FN5O3/c1-15(2)12-16-8-9-17-24(30-10-5-11-32-14-31-19-6-3-4-7-20(19)32)22(28)23(29)21-25(17)33(16)13-18(26(21)34)27(35)36/h3-4,6-7,13-16,30H,5,8-12,29H2,1-2H3,(H,35,36)/t16-/m1/s1. The summed E-state index contributed by atoms with van der Waals surface area (Å²) in [5, 5.41) is 12.8. The summed E-state index contributed by atoms with van der Waals surface area (Å²) in [5.41, 5.74) is 8.23. The number of anilines is 2. The molecule has 0 saturated heterocycles. The number of rotatable bonds is 8. The number of aromatic carboxylic acids is 1. The van der Waals surface area contributed by atoms with Crippen LogP contribution in [0.2, 0.25) is 0 Å². The molecule has 0 unspecified atom stereocenters. The van der Waals surface area contributed by atoms with Crippen LogP contribution in [0.3, 0.4) is 0 Å². The maximum Gasteiger partial charge on any atom is 0.341 e. The summed E-state index contributed by atoms with van der Waals surface area (Å²) < 4.78 is 19.5. The van der Waals surface area contributed by atoms with E-state index in [9.17, 15) is 14.7 Å². The van der Waals surface area contributed by atoms with E-state index in [1.807, 2.05) is 28.8 Å². The molecular formula is C27H30FN5O3. The summed E-state index contributed by atoms with van der Waals surface area (Å²) in [6.07, 6.45) is 6.05. The van der Waals surface area contributed by atoms with Gasteiger partial charge in [-0.25, -0.2) is 14.2 Å². The Kier molecular flexibility index (Phi) is 6.15. The maximum absolute atomic E-state index is 15.6. The molecule has 0 aliphatic carbocycles. The summed E-state index contributed by atoms with van der Waals surface area (Å²) >= 11 is 0. The molecule has 2 aromatic heterocycles. The van der Waals surface area contributed by atoms with Gasteiger partial charge in [0.1, 0.15) is 5.56 Å². The Morgan fingerprint density at radius 3 is 2.86 bits per heavy atom. The van der Waals surface area contributed by atoms with E-state index in [0.29, 0.717) is 42.2 Å². The molecular weight excluding hydrogens is 461 g/mol. The van der Waals surface area contributed by atoms with Crippen LogP contribution in [0.15, 0.2) is 41.6 Å². The lowest BCUT2D eigenvalue weighted by molar-refractivity contribution is 0.0694. The molecule has 0 amide bonds. The van der Waals surface area contributed by atoms with Gasteiger partial charge in [0.05, 0.1) is 39.6 Å². The first-order valence-corrected chi connectivity index (χ1v) is 12.3. The number of para-hydroxylation sites is 2. The molecule has 9 heteroatoms. The number of carboxylic acid groups (broad SMARTS) is 1. The van der Waals surface area contributed by atoms with E-state index in [-0.39, 0.29) is 22.7 Å². The van der Waals surface area contributed by atoms with Crippen molar-refractivity contribution in [2.45, 2.75) is 52.1 Å². The van der Waals surface area contributed by atoms with Crippen LogP contribution in [0.25, 0.3) is 21.9 Å². The number of nitrogens with one attached hydrogen (secondary N) is 1. The zero-order chi connectivity index (χ0) is 25.6. The van der Waals surface area contributed by atoms with Crippen molar-refractivity contribution in [3.63, 3.8) is 0 Å². The van der Waals surface area contributed by atoms with Gasteiger partial charge in [0.2, 0.25) is 5.43 Å². The third-order valence-electron chi connectivity index (χ3n) is 7.05. The van der Waals surface area contributed by atoms with E-state index in [1.165, 1.54) is 6.20 Å². The Morgan fingerprint density at radius 2 is 2.11 bits per heavy atom. The van der Waals surface area contributed by atoms with Crippen LogP contribution in [0.5, 0.6) is 0 Å². The fourth-order valence-electron chi connectivity index (χ4n) is 5.43. The highest BCUT2D eigenvalue weighted by molar-refractivity contribution is 6.01. The minimum absolute atomic E-state index is 0.00549. The maximum atomic E-state index is 15.6. The number of benzene rings is 2. The second kappa shape index (κ2) is 9.29. The van der Waals surface area contributed by atoms with Gasteiger partial charge in [-0.2, -0.15) is 0 Å². The van der Waals surface area contributed by atoms with Crippen molar-refractivity contribution in [2.75, 3.05) is 17.6 Å². The molecule has 0 fully saturated rings. The molecule has 4 aromatic rings. The number of aryl methyl sites for hydroxylation is 2. The molecule has 8 nitrogen and oxygen atoms in total. The van der Waals surface area contributed by atoms with Crippen molar-refractivity contribution in [1.29, 1.82) is 0 Å². The van der Waals surface area contributed by atoms with Crippen LogP contribution >= 0.6 is 0 Å². The third kappa shape index (κ3) is 3.98. The first-order chi connectivity index (χ1) is 17.3. The number of carboxylic acids is 1. The van der Waals surface area contributed by atoms with Crippen LogP contribution < -0.4 is 16.5 Å². The molecule has 2 aromatic carbocycles. The number of carbonyl (C=O) groups is 1. The van der Waals surface area contributed by atoms with Crippen LogP contribution in [0.4, 0.5) is 15.8 Å². The zero-order valence-electron chi connectivity index (χ0n) is 20.4. The summed E-state index contributed by atoms with van der Waals surface area (Å²) in [5.74, 6) is -1.66. The first kappa shape index (κ1) is 23.8. The lowest BCUT2D eigenvalue weighted by Crippen LogP contribution is -2.27. The zero-order valence-corrected chi connectivity index (χ0v) is 20.4. The fourth-order valence-corrected chi connectivity index (χ4v) is 5.43. The first-order valence-electron chi connectivity index (χ1n) is 12.3. The van der Waals surface area contributed by atoms with Gasteiger partial charge in [0, 0.05) is 30.9 Å². The number of fused-ring (bicyclic) bond motifs is 1. The van der Waals surface area contributed by atoms with Crippen molar-refractivity contribution < 1.29 is 14.3 Å². The normalized spacial score (nSPS) is 15.2. The second-order valence-corrected chi connectivity index (χ2v) is 9.92. The Hall–Kier alpha value is -3.88. The number of nitrogens with two attached hydrogens (primary N) is 1. The second-order valence-electron chi connectivity index (χ2n) is 9.92. The molecule has 0 radical (unpaired) electrons. The van der Waals surface area contributed by atoms with Crippen molar-refractivity contribution in [1.82, 2.24) is 14.1 Å². The van der Waals surface area contributed by atoms with Crippen molar-refractivity contribution in [3.8, 4) is 0 Å². The number of aromatic nitrogens is 3. The molecule has 3 heterocycles. The van der Waals surface area contributed by atoms with E-state index in [4.69, 9.17) is 5.73 Å². The fraction of sp³-hybridized carbons (Fsp3) is 0.370. The van der Waals surface area contributed by atoms with Gasteiger partial charge in [0.25, 0.3) is 0 Å². The molecule has 5 rings (SSSR count). The molecule has 0 bridgehead atoms. The van der Waals surface area contributed by atoms with Gasteiger partial charge < -0.3 is 25.3 Å². The molecule has 1 aliphatic heterocycles. The molecule has 1 atom stereocenters. The largest absolute Gasteiger partial charge is 0.477 e. The predicted octanol–water partition coefficient (Wildman–Crippen LogP) is 4.81. The number of pyridine rings is 1. The highest BCUT2D eigenvalue weighted by atomic mass is 19.1. The number of imidazole rings is 1. The number of hydrogen-bond acceptors (Lipinski definition) is 5. The van der Waals surface area contributed by atoms with E-state index in [0.717, 1.165) is 30.3 Å². The van der Waals surface area contributed by atoms with Gasteiger partial charge in [-0.1, -0.05) is 26.0 Å². The number of hydrogen-bond donors (Lipinski definition) is 3. The molecule has 188 valence electrons. The average Bonchev–Trinajstić information content (AvgIpc) is 3.25. The topological polar surface area (TPSA) is 115 Å². The lowest BCUT2D eigenvalue weighted by atomic mass is 9.89. The summed E-state index contributed by atoms with van der Waals surface area (Å²) in [7, 11) is 0. The van der Waals surface area contributed by atoms with Crippen molar-refractivity contribution in [2.24, 2.45) is 5.92 Å². The Balaban J connectivity index is 1.51. The molecule has 36 heavy (non-hydrogen) atoms. The van der Waals surface area contributed by atoms with Gasteiger partial charge in [-0.3, -0.25) is 4.79 Å². The quantitative estimate of drug-likeness (QED) is 0.241. The number of halogens is 1. The molecule has 4 N–H and O–H groups in total. The van der Waals surface area contributed by atoms with Gasteiger partial charge >= 0.3 is 5.97 Å². The summed E-state index contributed by atoms with van der Waals surface area (Å²) in [4.78, 5) is 29.3. The third-order valence-corrected chi connectivity index (χ3v) is 7.05. The average molecular weight is 492 g/mol. The highest BCUT2D eigenvalue weighted by Crippen LogP contribution is 2.41. The van der Waals surface area contributed by atoms with Crippen LogP contribution in [0, 0.1) is 11.7 Å². The smallest absolute Gasteiger partial charge is 0.341 e. The Morgan fingerprint density at radius 1 is 1.33 bits per heavy atom. The van der Waals surface area contributed by atoms with Crippen molar-refractivity contribution >= 4 is 39.3 Å². The predicted molar refractivity (Wildman–Crippen MR) is 139 cm³/mol. The van der Waals surface area contributed by atoms with Gasteiger partial charge in [-0.15, -0.1) is 0 Å². The SMILES string of the molecule is CC(C)C[C@H]1CCc2c(NCCCn3cnc4ccccc43)c(F)c(N)c3c(=O)c(C(=O)O)cn1c23. The summed E-state index contributed by atoms with van der Waals surface area (Å²) in [6, 6.07) is 7.90. The van der Waals surface area contributed by atoms with Crippen molar-refractivity contribution in [3.05, 3.63) is 64.0 Å². The van der Waals surface area contributed by atoms with E-state index in [1.54, 1.807) is 6.33 Å². The summed E-state index contributed by atoms with van der Waals surface area (Å²) in [6.45, 7) is 5.40. The minimum Gasteiger partial charge on any atom is -0.477 e. The van der Waals surface area contributed by atoms with Gasteiger partial charge in [0.15, 0.2) is 5.82 Å². The van der Waals surface area contributed by atoms with Crippen LogP contribution in [-0.2, 0) is 13.0 Å². The van der Waals surface area contributed by atoms with Gasteiger partial charge in [-0.05, 0) is 43.7 Å². The lowest BCUT2D eigenvalue weighted by Gasteiger charge is -2.32. The minimum atomic E-state index is -1.34. The number of nitrogen functional groups attached to an aromatic ring is 1. The molecule has 0 saturated carbocycles. The highest BCUT2D eigenvalue weighted by Gasteiger charge is 2.30. The van der Waals surface area contributed by atoms with E-state index < -0.39 is 17.2 Å². The Labute approximate surface area is 207 Å².